The normalized spacial score (nSPS) is 11.3. The largest absolute Gasteiger partial charge is 0.456 e. The topological polar surface area (TPSA) is 51.8 Å². The number of hydrogen-bond donors (Lipinski definition) is 0. The van der Waals surface area contributed by atoms with Crippen molar-refractivity contribution in [2.75, 3.05) is 0 Å². The molecule has 0 amide bonds. The molecule has 0 spiro atoms. The van der Waals surface area contributed by atoms with Gasteiger partial charge in [0.1, 0.15) is 11.2 Å². The second-order valence-corrected chi connectivity index (χ2v) is 12.1. The molecule has 2 heterocycles. The van der Waals surface area contributed by atoms with Crippen molar-refractivity contribution in [3.63, 3.8) is 0 Å². The van der Waals surface area contributed by atoms with E-state index in [1.165, 1.54) is 11.1 Å². The highest BCUT2D eigenvalue weighted by molar-refractivity contribution is 6.12. The quantitative estimate of drug-likeness (QED) is 0.184. The highest BCUT2D eigenvalue weighted by atomic mass is 16.3. The predicted molar refractivity (Wildman–Crippen MR) is 200 cm³/mol. The fraction of sp³-hybridized carbons (Fsp3) is 0. The average Bonchev–Trinajstić information content (AvgIpc) is 3.58. The van der Waals surface area contributed by atoms with Crippen molar-refractivity contribution >= 4 is 21.9 Å². The molecule has 230 valence electrons. The minimum absolute atomic E-state index is 0.621. The minimum Gasteiger partial charge on any atom is -0.456 e. The van der Waals surface area contributed by atoms with Gasteiger partial charge in [0.15, 0.2) is 17.5 Å². The number of nitrogens with zero attached hydrogens (tertiary/aromatic N) is 3. The van der Waals surface area contributed by atoms with E-state index in [4.69, 9.17) is 19.4 Å². The molecule has 9 rings (SSSR count). The van der Waals surface area contributed by atoms with Crippen molar-refractivity contribution in [1.29, 1.82) is 0 Å². The van der Waals surface area contributed by atoms with Crippen LogP contribution in [0.5, 0.6) is 0 Å². The number of fused-ring (bicyclic) bond motifs is 3. The Balaban J connectivity index is 1.10. The Morgan fingerprint density at radius 2 is 0.735 bits per heavy atom. The molecule has 0 N–H and O–H groups in total. The Morgan fingerprint density at radius 3 is 1.39 bits per heavy atom. The molecule has 0 aliphatic rings. The summed E-state index contributed by atoms with van der Waals surface area (Å²) >= 11 is 0. The Labute approximate surface area is 284 Å². The third-order valence-electron chi connectivity index (χ3n) is 8.97. The zero-order valence-electron chi connectivity index (χ0n) is 26.5. The highest BCUT2D eigenvalue weighted by Crippen LogP contribution is 2.38. The zero-order valence-corrected chi connectivity index (χ0v) is 26.5. The van der Waals surface area contributed by atoms with Gasteiger partial charge in [-0.3, -0.25) is 0 Å². The SMILES string of the molecule is c1ccc(-c2ccc(-c3ccc(-c4nc(-c5ccccc5)nc(-c5cccc(-c6cccc7oc8ccccc8c67)c5)n4)cc3)cc2)cc1. The van der Waals surface area contributed by atoms with E-state index in [0.717, 1.165) is 60.9 Å². The Bertz CT molecular complexity index is 2570. The standard InChI is InChI=1S/C45H29N3O/c1-3-11-30(12-4-1)31-21-23-32(24-22-31)33-25-27-35(28-26-33)44-46-43(34-13-5-2-6-14-34)47-45(48-44)37-16-9-15-36(29-37)38-18-10-20-41-42(38)39-17-7-8-19-40(39)49-41/h1-29H. The van der Waals surface area contributed by atoms with E-state index in [1.807, 2.05) is 60.7 Å². The van der Waals surface area contributed by atoms with E-state index in [2.05, 4.69) is 115 Å². The van der Waals surface area contributed by atoms with Crippen molar-refractivity contribution in [1.82, 2.24) is 15.0 Å². The van der Waals surface area contributed by atoms with Crippen LogP contribution in [0.2, 0.25) is 0 Å². The van der Waals surface area contributed by atoms with Gasteiger partial charge in [0.05, 0.1) is 0 Å². The summed E-state index contributed by atoms with van der Waals surface area (Å²) < 4.78 is 6.19. The zero-order chi connectivity index (χ0) is 32.6. The summed E-state index contributed by atoms with van der Waals surface area (Å²) in [6, 6.07) is 60.5. The van der Waals surface area contributed by atoms with Gasteiger partial charge in [0, 0.05) is 27.5 Å². The van der Waals surface area contributed by atoms with Crippen LogP contribution in [0.1, 0.15) is 0 Å². The van der Waals surface area contributed by atoms with Gasteiger partial charge in [-0.15, -0.1) is 0 Å². The Kier molecular flexibility index (Phi) is 7.10. The fourth-order valence-electron chi connectivity index (χ4n) is 6.49. The summed E-state index contributed by atoms with van der Waals surface area (Å²) in [5.74, 6) is 1.88. The number of rotatable bonds is 6. The molecule has 0 radical (unpaired) electrons. The third-order valence-corrected chi connectivity index (χ3v) is 8.97. The van der Waals surface area contributed by atoms with Gasteiger partial charge < -0.3 is 4.42 Å². The summed E-state index contributed by atoms with van der Waals surface area (Å²) in [6.45, 7) is 0. The van der Waals surface area contributed by atoms with Crippen LogP contribution in [0.15, 0.2) is 180 Å². The van der Waals surface area contributed by atoms with E-state index in [9.17, 15) is 0 Å². The molecule has 7 aromatic carbocycles. The predicted octanol–water partition coefficient (Wildman–Crippen LogP) is 11.8. The van der Waals surface area contributed by atoms with Gasteiger partial charge in [-0.2, -0.15) is 0 Å². The van der Waals surface area contributed by atoms with Crippen LogP contribution < -0.4 is 0 Å². The molecule has 0 bridgehead atoms. The summed E-state index contributed by atoms with van der Waals surface area (Å²) in [4.78, 5) is 15.0. The molecule has 0 unspecified atom stereocenters. The lowest BCUT2D eigenvalue weighted by Gasteiger charge is -2.11. The Hall–Kier alpha value is -6.65. The highest BCUT2D eigenvalue weighted by Gasteiger charge is 2.16. The van der Waals surface area contributed by atoms with Crippen LogP contribution in [0.3, 0.4) is 0 Å². The number of aromatic nitrogens is 3. The van der Waals surface area contributed by atoms with Gasteiger partial charge in [-0.1, -0.05) is 158 Å². The first-order chi connectivity index (χ1) is 24.3. The van der Waals surface area contributed by atoms with E-state index in [0.29, 0.717) is 17.5 Å². The summed E-state index contributed by atoms with van der Waals surface area (Å²) in [5, 5.41) is 2.20. The molecule has 0 atom stereocenters. The molecule has 2 aromatic heterocycles. The maximum absolute atomic E-state index is 6.19. The summed E-state index contributed by atoms with van der Waals surface area (Å²) in [7, 11) is 0. The van der Waals surface area contributed by atoms with E-state index < -0.39 is 0 Å². The third kappa shape index (κ3) is 5.45. The average molecular weight is 628 g/mol. The molecule has 9 aromatic rings. The first-order valence-electron chi connectivity index (χ1n) is 16.4. The molecule has 49 heavy (non-hydrogen) atoms. The number of benzene rings is 7. The monoisotopic (exact) mass is 627 g/mol. The first kappa shape index (κ1) is 28.6. The van der Waals surface area contributed by atoms with Crippen molar-refractivity contribution in [3.05, 3.63) is 176 Å². The second-order valence-electron chi connectivity index (χ2n) is 12.1. The van der Waals surface area contributed by atoms with Crippen LogP contribution in [-0.2, 0) is 0 Å². The smallest absolute Gasteiger partial charge is 0.164 e. The molecule has 4 heteroatoms. The van der Waals surface area contributed by atoms with Gasteiger partial charge in [-0.25, -0.2) is 15.0 Å². The molecule has 0 aliphatic heterocycles. The maximum atomic E-state index is 6.19. The van der Waals surface area contributed by atoms with E-state index in [1.54, 1.807) is 0 Å². The lowest BCUT2D eigenvalue weighted by molar-refractivity contribution is 0.669. The first-order valence-corrected chi connectivity index (χ1v) is 16.4. The van der Waals surface area contributed by atoms with Crippen LogP contribution in [0, 0.1) is 0 Å². The fourth-order valence-corrected chi connectivity index (χ4v) is 6.49. The van der Waals surface area contributed by atoms with Gasteiger partial charge in [-0.05, 0) is 51.6 Å². The molecule has 0 saturated carbocycles. The summed E-state index contributed by atoms with van der Waals surface area (Å²) in [5.41, 5.74) is 11.4. The van der Waals surface area contributed by atoms with E-state index >= 15 is 0 Å². The number of hydrogen-bond acceptors (Lipinski definition) is 4. The molecule has 0 aliphatic carbocycles. The van der Waals surface area contributed by atoms with E-state index in [-0.39, 0.29) is 0 Å². The van der Waals surface area contributed by atoms with Crippen LogP contribution in [0.25, 0.3) is 89.5 Å². The lowest BCUT2D eigenvalue weighted by atomic mass is 9.98. The van der Waals surface area contributed by atoms with Gasteiger partial charge in [0.2, 0.25) is 0 Å². The molecule has 0 fully saturated rings. The van der Waals surface area contributed by atoms with Crippen LogP contribution in [0.4, 0.5) is 0 Å². The van der Waals surface area contributed by atoms with Crippen LogP contribution in [-0.4, -0.2) is 15.0 Å². The molecular formula is C45H29N3O. The lowest BCUT2D eigenvalue weighted by Crippen LogP contribution is -2.00. The van der Waals surface area contributed by atoms with Crippen molar-refractivity contribution in [2.45, 2.75) is 0 Å². The molecule has 4 nitrogen and oxygen atoms in total. The summed E-state index contributed by atoms with van der Waals surface area (Å²) in [6.07, 6.45) is 0. The second kappa shape index (κ2) is 12.2. The van der Waals surface area contributed by atoms with Crippen molar-refractivity contribution < 1.29 is 4.42 Å². The minimum atomic E-state index is 0.621. The number of para-hydroxylation sites is 1. The molecular weight excluding hydrogens is 599 g/mol. The molecule has 0 saturated heterocycles. The van der Waals surface area contributed by atoms with Gasteiger partial charge in [0.25, 0.3) is 0 Å². The van der Waals surface area contributed by atoms with Gasteiger partial charge >= 0.3 is 0 Å². The van der Waals surface area contributed by atoms with Crippen molar-refractivity contribution in [3.8, 4) is 67.5 Å². The number of furan rings is 1. The van der Waals surface area contributed by atoms with Crippen LogP contribution >= 0.6 is 0 Å². The van der Waals surface area contributed by atoms with Crippen molar-refractivity contribution in [2.24, 2.45) is 0 Å². The Morgan fingerprint density at radius 1 is 0.306 bits per heavy atom. The maximum Gasteiger partial charge on any atom is 0.164 e.